The van der Waals surface area contributed by atoms with Crippen LogP contribution >= 0.6 is 0 Å². The summed E-state index contributed by atoms with van der Waals surface area (Å²) in [6, 6.07) is 19.0. The van der Waals surface area contributed by atoms with Crippen LogP contribution in [0.2, 0.25) is 0 Å². The number of hydrogen-bond acceptors (Lipinski definition) is 1. The topological polar surface area (TPSA) is 9.23 Å². The molecule has 0 aromatic heterocycles. The zero-order valence-electron chi connectivity index (χ0n) is 13.7. The normalized spacial score (nSPS) is 13.5. The maximum atomic E-state index is 6.31. The van der Waals surface area contributed by atoms with Gasteiger partial charge in [0.25, 0.3) is 0 Å². The third-order valence-electron chi connectivity index (χ3n) is 4.05. The lowest BCUT2D eigenvalue weighted by Crippen LogP contribution is -2.16. The van der Waals surface area contributed by atoms with E-state index in [0.717, 1.165) is 19.3 Å². The smallest absolute Gasteiger partial charge is 0.0803 e. The van der Waals surface area contributed by atoms with Gasteiger partial charge in [0.1, 0.15) is 0 Å². The predicted octanol–water partition coefficient (Wildman–Crippen LogP) is 5.65. The molecule has 116 valence electrons. The lowest BCUT2D eigenvalue weighted by atomic mass is 10.0. The third-order valence-corrected chi connectivity index (χ3v) is 4.05. The highest BCUT2D eigenvalue weighted by Crippen LogP contribution is 2.24. The van der Waals surface area contributed by atoms with Gasteiger partial charge < -0.3 is 4.74 Å². The minimum Gasteiger partial charge on any atom is -0.370 e. The maximum absolute atomic E-state index is 6.31. The maximum Gasteiger partial charge on any atom is 0.0803 e. The molecule has 0 N–H and O–H groups in total. The zero-order chi connectivity index (χ0) is 15.8. The van der Waals surface area contributed by atoms with Crippen LogP contribution in [0.4, 0.5) is 0 Å². The van der Waals surface area contributed by atoms with E-state index in [4.69, 9.17) is 4.74 Å². The van der Waals surface area contributed by atoms with E-state index in [-0.39, 0.29) is 12.2 Å². The molecule has 0 saturated carbocycles. The average Bonchev–Trinajstić information content (AvgIpc) is 2.54. The van der Waals surface area contributed by atoms with Crippen LogP contribution in [-0.4, -0.2) is 6.10 Å². The summed E-state index contributed by atoms with van der Waals surface area (Å²) in [5.74, 6) is 0. The Bertz CT molecular complexity index is 573. The second-order valence-electron chi connectivity index (χ2n) is 5.81. The summed E-state index contributed by atoms with van der Waals surface area (Å²) in [5, 5.41) is 0. The minimum absolute atomic E-state index is 0.113. The molecule has 0 bridgehead atoms. The highest BCUT2D eigenvalue weighted by molar-refractivity contribution is 5.27. The van der Waals surface area contributed by atoms with Crippen molar-refractivity contribution in [2.45, 2.75) is 45.3 Å². The molecule has 0 aliphatic heterocycles. The summed E-state index contributed by atoms with van der Waals surface area (Å²) in [7, 11) is 0. The second kappa shape index (κ2) is 8.55. The van der Waals surface area contributed by atoms with E-state index < -0.39 is 0 Å². The summed E-state index contributed by atoms with van der Waals surface area (Å²) in [6.07, 6.45) is 5.24. The Kier molecular flexibility index (Phi) is 6.42. The summed E-state index contributed by atoms with van der Waals surface area (Å²) < 4.78 is 6.31. The first-order valence-electron chi connectivity index (χ1n) is 8.06. The zero-order valence-corrected chi connectivity index (χ0v) is 13.7. The number of benzene rings is 2. The molecule has 0 amide bonds. The van der Waals surface area contributed by atoms with Crippen LogP contribution < -0.4 is 0 Å². The molecule has 0 heterocycles. The molecule has 1 heteroatoms. The van der Waals surface area contributed by atoms with E-state index in [9.17, 15) is 0 Å². The summed E-state index contributed by atoms with van der Waals surface area (Å²) in [6.45, 7) is 8.15. The van der Waals surface area contributed by atoms with Gasteiger partial charge in [-0.3, -0.25) is 0 Å². The highest BCUT2D eigenvalue weighted by atomic mass is 16.5. The Hall–Kier alpha value is -1.86. The Morgan fingerprint density at radius 3 is 2.41 bits per heavy atom. The Balaban J connectivity index is 1.96. The Morgan fingerprint density at radius 1 is 1.05 bits per heavy atom. The van der Waals surface area contributed by atoms with Crippen molar-refractivity contribution in [1.29, 1.82) is 0 Å². The molecule has 2 rings (SSSR count). The fourth-order valence-corrected chi connectivity index (χ4v) is 2.80. The molecule has 22 heavy (non-hydrogen) atoms. The van der Waals surface area contributed by atoms with E-state index in [1.165, 1.54) is 16.7 Å². The Morgan fingerprint density at radius 2 is 1.73 bits per heavy atom. The molecule has 2 aromatic carbocycles. The van der Waals surface area contributed by atoms with Crippen LogP contribution in [0.5, 0.6) is 0 Å². The van der Waals surface area contributed by atoms with Gasteiger partial charge >= 0.3 is 0 Å². The number of aryl methyl sites for hydroxylation is 2. The van der Waals surface area contributed by atoms with E-state index in [2.05, 4.69) is 75.0 Å². The third kappa shape index (κ3) is 4.85. The lowest BCUT2D eigenvalue weighted by Gasteiger charge is -2.23. The molecule has 0 spiro atoms. The fourth-order valence-electron chi connectivity index (χ4n) is 2.80. The molecule has 0 fully saturated rings. The van der Waals surface area contributed by atoms with E-state index in [1.54, 1.807) is 0 Å². The lowest BCUT2D eigenvalue weighted by molar-refractivity contribution is -0.00611. The largest absolute Gasteiger partial charge is 0.370 e. The second-order valence-corrected chi connectivity index (χ2v) is 5.81. The number of ether oxygens (including phenoxy) is 1. The molecule has 0 radical (unpaired) electrons. The van der Waals surface area contributed by atoms with Gasteiger partial charge in [-0.25, -0.2) is 0 Å². The molecule has 1 nitrogen and oxygen atoms in total. The van der Waals surface area contributed by atoms with Gasteiger partial charge in [-0.15, -0.1) is 6.58 Å². The van der Waals surface area contributed by atoms with Crippen molar-refractivity contribution in [2.75, 3.05) is 0 Å². The first-order valence-corrected chi connectivity index (χ1v) is 8.06. The quantitative estimate of drug-likeness (QED) is 0.572. The van der Waals surface area contributed by atoms with Crippen molar-refractivity contribution < 1.29 is 4.74 Å². The van der Waals surface area contributed by atoms with Crippen molar-refractivity contribution in [2.24, 2.45) is 0 Å². The van der Waals surface area contributed by atoms with Gasteiger partial charge in [0.05, 0.1) is 12.2 Å². The van der Waals surface area contributed by atoms with Gasteiger partial charge in [-0.2, -0.15) is 0 Å². The first-order chi connectivity index (χ1) is 10.7. The van der Waals surface area contributed by atoms with Gasteiger partial charge in [0, 0.05) is 0 Å². The first kappa shape index (κ1) is 16.5. The molecule has 0 unspecified atom stereocenters. The van der Waals surface area contributed by atoms with Crippen molar-refractivity contribution >= 4 is 0 Å². The predicted molar refractivity (Wildman–Crippen MR) is 94.0 cm³/mol. The van der Waals surface area contributed by atoms with Gasteiger partial charge in [0.2, 0.25) is 0 Å². The number of hydrogen-bond donors (Lipinski definition) is 0. The van der Waals surface area contributed by atoms with Crippen LogP contribution in [0.3, 0.4) is 0 Å². The Labute approximate surface area is 134 Å². The van der Waals surface area contributed by atoms with Gasteiger partial charge in [-0.05, 0) is 49.8 Å². The van der Waals surface area contributed by atoms with E-state index in [1.807, 2.05) is 6.08 Å². The molecule has 0 aliphatic carbocycles. The molecular formula is C21H26O. The molecule has 0 aliphatic rings. The van der Waals surface area contributed by atoms with E-state index >= 15 is 0 Å². The van der Waals surface area contributed by atoms with Crippen LogP contribution in [0.25, 0.3) is 0 Å². The highest BCUT2D eigenvalue weighted by Gasteiger charge is 2.15. The molecule has 2 aromatic rings. The molecular weight excluding hydrogens is 268 g/mol. The van der Waals surface area contributed by atoms with Crippen molar-refractivity contribution in [3.63, 3.8) is 0 Å². The van der Waals surface area contributed by atoms with Crippen molar-refractivity contribution in [3.8, 4) is 0 Å². The minimum atomic E-state index is 0.113. The van der Waals surface area contributed by atoms with Crippen LogP contribution in [0.15, 0.2) is 67.3 Å². The monoisotopic (exact) mass is 294 g/mol. The summed E-state index contributed by atoms with van der Waals surface area (Å²) in [4.78, 5) is 0. The average molecular weight is 294 g/mol. The van der Waals surface area contributed by atoms with Crippen molar-refractivity contribution in [3.05, 3.63) is 83.9 Å². The van der Waals surface area contributed by atoms with Crippen LogP contribution in [0, 0.1) is 6.92 Å². The SMILES string of the molecule is C=CC[C@@H](CCc1ccccc1)O[C@H](C)c1ccccc1C. The van der Waals surface area contributed by atoms with Crippen LogP contribution in [0.1, 0.15) is 42.6 Å². The van der Waals surface area contributed by atoms with Crippen molar-refractivity contribution in [1.82, 2.24) is 0 Å². The summed E-state index contributed by atoms with van der Waals surface area (Å²) in [5.41, 5.74) is 3.93. The van der Waals surface area contributed by atoms with Gasteiger partial charge in [0.15, 0.2) is 0 Å². The molecule has 0 saturated heterocycles. The summed E-state index contributed by atoms with van der Waals surface area (Å²) >= 11 is 0. The van der Waals surface area contributed by atoms with Gasteiger partial charge in [-0.1, -0.05) is 60.7 Å². The van der Waals surface area contributed by atoms with E-state index in [0.29, 0.717) is 0 Å². The standard InChI is InChI=1S/C21H26O/c1-4-10-20(16-15-19-12-6-5-7-13-19)22-18(3)21-14-9-8-11-17(21)2/h4-9,11-14,18,20H,1,10,15-16H2,2-3H3/t18-,20+/m1/s1. The number of rotatable bonds is 8. The fraction of sp³-hybridized carbons (Fsp3) is 0.333. The molecule has 2 atom stereocenters. The van der Waals surface area contributed by atoms with Crippen LogP contribution in [-0.2, 0) is 11.2 Å².